The first-order chi connectivity index (χ1) is 9.91. The molecule has 0 radical (unpaired) electrons. The van der Waals surface area contributed by atoms with E-state index in [1.54, 1.807) is 0 Å². The van der Waals surface area contributed by atoms with E-state index in [1.807, 2.05) is 0 Å². The molecule has 2 saturated carbocycles. The second-order valence-corrected chi connectivity index (χ2v) is 7.63. The molecule has 0 spiro atoms. The highest BCUT2D eigenvalue weighted by Crippen LogP contribution is 2.49. The summed E-state index contributed by atoms with van der Waals surface area (Å²) in [5.41, 5.74) is 0.496. The lowest BCUT2D eigenvalue weighted by Gasteiger charge is -2.20. The predicted molar refractivity (Wildman–Crippen MR) is 77.8 cm³/mol. The standard InChI is InChI=1S/C14H19N3O3S/c15-21(19,20)14-4-3-12(8-16-14)17-13(18)7-11-6-9-1-2-10(11)5-9/h3-4,8-11H,1-2,5-7H2,(H,17,18)(H2,15,19,20). The van der Waals surface area contributed by atoms with Crippen molar-refractivity contribution in [1.82, 2.24) is 4.98 Å². The summed E-state index contributed by atoms with van der Waals surface area (Å²) in [5, 5.41) is 7.54. The lowest BCUT2D eigenvalue weighted by Crippen LogP contribution is -2.20. The van der Waals surface area contributed by atoms with Crippen LogP contribution in [0.4, 0.5) is 5.69 Å². The van der Waals surface area contributed by atoms with E-state index in [4.69, 9.17) is 5.14 Å². The van der Waals surface area contributed by atoms with Gasteiger partial charge < -0.3 is 5.32 Å². The van der Waals surface area contributed by atoms with E-state index in [2.05, 4.69) is 10.3 Å². The molecule has 0 aliphatic heterocycles. The van der Waals surface area contributed by atoms with Crippen molar-refractivity contribution in [2.75, 3.05) is 5.32 Å². The number of carbonyl (C=O) groups excluding carboxylic acids is 1. The number of rotatable bonds is 4. The van der Waals surface area contributed by atoms with Crippen molar-refractivity contribution in [3.63, 3.8) is 0 Å². The van der Waals surface area contributed by atoms with Gasteiger partial charge in [-0.3, -0.25) is 4.79 Å². The molecule has 1 heterocycles. The van der Waals surface area contributed by atoms with Crippen LogP contribution < -0.4 is 10.5 Å². The van der Waals surface area contributed by atoms with Crippen LogP contribution in [0.1, 0.15) is 32.1 Å². The molecule has 1 amide bonds. The number of nitrogens with one attached hydrogen (secondary N) is 1. The Hall–Kier alpha value is -1.47. The molecule has 2 bridgehead atoms. The number of hydrogen-bond donors (Lipinski definition) is 2. The maximum Gasteiger partial charge on any atom is 0.255 e. The summed E-state index contributed by atoms with van der Waals surface area (Å²) in [6, 6.07) is 2.80. The predicted octanol–water partition coefficient (Wildman–Crippen LogP) is 1.49. The minimum Gasteiger partial charge on any atom is -0.325 e. The van der Waals surface area contributed by atoms with Crippen LogP contribution in [0.2, 0.25) is 0 Å². The van der Waals surface area contributed by atoms with Gasteiger partial charge in [0.05, 0.1) is 11.9 Å². The Morgan fingerprint density at radius 3 is 2.67 bits per heavy atom. The fourth-order valence-corrected chi connectivity index (χ4v) is 4.16. The van der Waals surface area contributed by atoms with Crippen molar-refractivity contribution in [2.45, 2.75) is 37.1 Å². The van der Waals surface area contributed by atoms with Crippen molar-refractivity contribution in [2.24, 2.45) is 22.9 Å². The molecule has 21 heavy (non-hydrogen) atoms. The van der Waals surface area contributed by atoms with Gasteiger partial charge in [0, 0.05) is 6.42 Å². The number of nitrogens with zero attached hydrogens (tertiary/aromatic N) is 1. The molecule has 7 heteroatoms. The molecule has 3 atom stereocenters. The zero-order valence-corrected chi connectivity index (χ0v) is 12.5. The highest BCUT2D eigenvalue weighted by Gasteiger charge is 2.40. The second kappa shape index (κ2) is 5.38. The van der Waals surface area contributed by atoms with Crippen LogP contribution >= 0.6 is 0 Å². The van der Waals surface area contributed by atoms with Crippen LogP contribution in [0.15, 0.2) is 23.4 Å². The van der Waals surface area contributed by atoms with Gasteiger partial charge in [0.2, 0.25) is 5.91 Å². The summed E-state index contributed by atoms with van der Waals surface area (Å²) in [6.07, 6.45) is 6.88. The summed E-state index contributed by atoms with van der Waals surface area (Å²) in [6.45, 7) is 0. The van der Waals surface area contributed by atoms with Crippen molar-refractivity contribution in [3.05, 3.63) is 18.3 Å². The van der Waals surface area contributed by atoms with E-state index in [-0.39, 0.29) is 10.9 Å². The van der Waals surface area contributed by atoms with E-state index in [0.29, 0.717) is 23.9 Å². The topological polar surface area (TPSA) is 102 Å². The highest BCUT2D eigenvalue weighted by atomic mass is 32.2. The average molecular weight is 309 g/mol. The number of carbonyl (C=O) groups is 1. The Balaban J connectivity index is 1.57. The minimum atomic E-state index is -3.80. The third-order valence-corrected chi connectivity index (χ3v) is 5.47. The van der Waals surface area contributed by atoms with Crippen LogP contribution in [0.25, 0.3) is 0 Å². The van der Waals surface area contributed by atoms with Gasteiger partial charge in [-0.2, -0.15) is 0 Å². The van der Waals surface area contributed by atoms with Crippen molar-refractivity contribution in [1.29, 1.82) is 0 Å². The Bertz CT molecular complexity index is 642. The zero-order chi connectivity index (χ0) is 15.0. The Morgan fingerprint density at radius 1 is 1.33 bits per heavy atom. The van der Waals surface area contributed by atoms with Gasteiger partial charge in [-0.15, -0.1) is 0 Å². The molecule has 0 saturated heterocycles. The fraction of sp³-hybridized carbons (Fsp3) is 0.571. The van der Waals surface area contributed by atoms with E-state index in [0.717, 1.165) is 5.92 Å². The molecule has 1 aromatic heterocycles. The molecule has 114 valence electrons. The number of pyridine rings is 1. The van der Waals surface area contributed by atoms with Gasteiger partial charge in [-0.25, -0.2) is 18.5 Å². The van der Waals surface area contributed by atoms with Crippen LogP contribution in [0.5, 0.6) is 0 Å². The van der Waals surface area contributed by atoms with Gasteiger partial charge in [0.25, 0.3) is 10.0 Å². The van der Waals surface area contributed by atoms with Gasteiger partial charge >= 0.3 is 0 Å². The molecular weight excluding hydrogens is 290 g/mol. The molecule has 2 fully saturated rings. The zero-order valence-electron chi connectivity index (χ0n) is 11.7. The lowest BCUT2D eigenvalue weighted by molar-refractivity contribution is -0.117. The summed E-state index contributed by atoms with van der Waals surface area (Å²) >= 11 is 0. The first kappa shape index (κ1) is 14.5. The smallest absolute Gasteiger partial charge is 0.255 e. The molecular formula is C14H19N3O3S. The number of hydrogen-bond acceptors (Lipinski definition) is 4. The number of sulfonamides is 1. The summed E-state index contributed by atoms with van der Waals surface area (Å²) in [5.74, 6) is 2.00. The SMILES string of the molecule is NS(=O)(=O)c1ccc(NC(=O)CC2CC3CCC2C3)cn1. The summed E-state index contributed by atoms with van der Waals surface area (Å²) in [7, 11) is -3.80. The van der Waals surface area contributed by atoms with Crippen molar-refractivity contribution < 1.29 is 13.2 Å². The molecule has 0 aromatic carbocycles. The van der Waals surface area contributed by atoms with Crippen LogP contribution in [-0.2, 0) is 14.8 Å². The Labute approximate surface area is 124 Å². The molecule has 1 aromatic rings. The summed E-state index contributed by atoms with van der Waals surface area (Å²) < 4.78 is 22.2. The van der Waals surface area contributed by atoms with Crippen LogP contribution in [-0.4, -0.2) is 19.3 Å². The number of primary sulfonamides is 1. The molecule has 2 aliphatic carbocycles. The molecule has 3 rings (SSSR count). The monoisotopic (exact) mass is 309 g/mol. The van der Waals surface area contributed by atoms with E-state index in [1.165, 1.54) is 44.0 Å². The van der Waals surface area contributed by atoms with Gasteiger partial charge in [0.1, 0.15) is 0 Å². The Kier molecular flexibility index (Phi) is 3.71. The average Bonchev–Trinajstić information content (AvgIpc) is 3.00. The van der Waals surface area contributed by atoms with Gasteiger partial charge in [-0.05, 0) is 49.1 Å². The number of nitrogens with two attached hydrogens (primary N) is 1. The van der Waals surface area contributed by atoms with Gasteiger partial charge in [-0.1, -0.05) is 6.42 Å². The van der Waals surface area contributed by atoms with E-state index < -0.39 is 10.0 Å². The number of amides is 1. The lowest BCUT2D eigenvalue weighted by atomic mass is 9.86. The van der Waals surface area contributed by atoms with Crippen molar-refractivity contribution in [3.8, 4) is 0 Å². The Morgan fingerprint density at radius 2 is 2.14 bits per heavy atom. The molecule has 2 aliphatic rings. The van der Waals surface area contributed by atoms with E-state index >= 15 is 0 Å². The normalized spacial score (nSPS) is 27.8. The van der Waals surface area contributed by atoms with Crippen LogP contribution in [0.3, 0.4) is 0 Å². The molecule has 3 unspecified atom stereocenters. The highest BCUT2D eigenvalue weighted by molar-refractivity contribution is 7.89. The maximum absolute atomic E-state index is 12.0. The second-order valence-electron chi connectivity index (χ2n) is 6.12. The third-order valence-electron chi connectivity index (χ3n) is 4.64. The first-order valence-corrected chi connectivity index (χ1v) is 8.75. The molecule has 6 nitrogen and oxygen atoms in total. The summed E-state index contributed by atoms with van der Waals surface area (Å²) in [4.78, 5) is 15.8. The third kappa shape index (κ3) is 3.24. The van der Waals surface area contributed by atoms with Crippen LogP contribution in [0, 0.1) is 17.8 Å². The number of anilines is 1. The quantitative estimate of drug-likeness (QED) is 0.879. The molecule has 3 N–H and O–H groups in total. The number of aromatic nitrogens is 1. The minimum absolute atomic E-state index is 0.0299. The number of fused-ring (bicyclic) bond motifs is 2. The van der Waals surface area contributed by atoms with E-state index in [9.17, 15) is 13.2 Å². The van der Waals surface area contributed by atoms with Crippen molar-refractivity contribution >= 4 is 21.6 Å². The van der Waals surface area contributed by atoms with Gasteiger partial charge in [0.15, 0.2) is 5.03 Å². The fourth-order valence-electron chi connectivity index (χ4n) is 3.70. The first-order valence-electron chi connectivity index (χ1n) is 7.20. The largest absolute Gasteiger partial charge is 0.325 e. The maximum atomic E-state index is 12.0.